The van der Waals surface area contributed by atoms with Gasteiger partial charge in [-0.1, -0.05) is 18.2 Å². The van der Waals surface area contributed by atoms with Crippen molar-refractivity contribution in [3.63, 3.8) is 0 Å². The molecule has 0 radical (unpaired) electrons. The van der Waals surface area contributed by atoms with Crippen LogP contribution in [-0.2, 0) is 13.0 Å². The minimum atomic E-state index is 0.429. The lowest BCUT2D eigenvalue weighted by Crippen LogP contribution is -2.30. The summed E-state index contributed by atoms with van der Waals surface area (Å²) in [4.78, 5) is 6.78. The molecule has 3 aromatic rings. The molecule has 3 rings (SSSR count). The van der Waals surface area contributed by atoms with E-state index in [1.54, 1.807) is 6.20 Å². The third kappa shape index (κ3) is 4.05. The summed E-state index contributed by atoms with van der Waals surface area (Å²) < 4.78 is 1.89. The monoisotopic (exact) mass is 306 g/mol. The molecule has 0 saturated heterocycles. The van der Waals surface area contributed by atoms with Crippen molar-refractivity contribution in [2.75, 3.05) is 7.05 Å². The highest BCUT2D eigenvalue weighted by molar-refractivity contribution is 5.35. The predicted molar refractivity (Wildman–Crippen MR) is 92.4 cm³/mol. The molecule has 0 N–H and O–H groups in total. The summed E-state index contributed by atoms with van der Waals surface area (Å²) in [5.41, 5.74) is 3.52. The fourth-order valence-corrected chi connectivity index (χ4v) is 2.64. The zero-order valence-electron chi connectivity index (χ0n) is 13.6. The molecule has 0 unspecified atom stereocenters. The van der Waals surface area contributed by atoms with Crippen LogP contribution in [0.25, 0.3) is 5.69 Å². The second-order valence-electron chi connectivity index (χ2n) is 5.91. The molecule has 4 heteroatoms. The molecule has 0 aliphatic heterocycles. The molecule has 118 valence electrons. The first-order valence-corrected chi connectivity index (χ1v) is 7.91. The molecule has 0 saturated carbocycles. The number of nitrogens with zero attached hydrogens (tertiary/aromatic N) is 4. The summed E-state index contributed by atoms with van der Waals surface area (Å²) in [6, 6.07) is 17.0. The van der Waals surface area contributed by atoms with Crippen molar-refractivity contribution >= 4 is 0 Å². The fraction of sp³-hybridized carbons (Fsp3) is 0.263. The van der Waals surface area contributed by atoms with Gasteiger partial charge in [0.25, 0.3) is 0 Å². The lowest BCUT2D eigenvalue weighted by Gasteiger charge is -2.24. The molecular weight excluding hydrogens is 284 g/mol. The van der Waals surface area contributed by atoms with Crippen LogP contribution in [0, 0.1) is 0 Å². The number of pyridine rings is 1. The Bertz CT molecular complexity index is 722. The quantitative estimate of drug-likeness (QED) is 0.700. The lowest BCUT2D eigenvalue weighted by molar-refractivity contribution is 0.247. The van der Waals surface area contributed by atoms with E-state index in [4.69, 9.17) is 0 Å². The van der Waals surface area contributed by atoms with Gasteiger partial charge in [-0.15, -0.1) is 0 Å². The van der Waals surface area contributed by atoms with E-state index in [2.05, 4.69) is 59.3 Å². The standard InChI is InChI=1S/C19H22N4/c1-16(13-18-8-3-4-10-20-18)22(2)15-17-7-5-9-19(14-17)23-12-6-11-21-23/h3-12,14,16H,13,15H2,1-2H3/t16-/m0/s1. The molecule has 0 aliphatic carbocycles. The molecule has 1 atom stereocenters. The highest BCUT2D eigenvalue weighted by Gasteiger charge is 2.11. The summed E-state index contributed by atoms with van der Waals surface area (Å²) in [7, 11) is 2.16. The number of rotatable bonds is 6. The van der Waals surface area contributed by atoms with Crippen LogP contribution in [-0.4, -0.2) is 32.8 Å². The molecular formula is C19H22N4. The van der Waals surface area contributed by atoms with E-state index in [1.165, 1.54) is 5.56 Å². The van der Waals surface area contributed by atoms with Crippen LogP contribution in [0.15, 0.2) is 67.1 Å². The highest BCUT2D eigenvalue weighted by atomic mass is 15.3. The normalized spacial score (nSPS) is 12.5. The zero-order valence-corrected chi connectivity index (χ0v) is 13.6. The Balaban J connectivity index is 1.65. The van der Waals surface area contributed by atoms with Gasteiger partial charge in [-0.3, -0.25) is 9.88 Å². The summed E-state index contributed by atoms with van der Waals surface area (Å²) >= 11 is 0. The molecule has 0 amide bonds. The molecule has 23 heavy (non-hydrogen) atoms. The smallest absolute Gasteiger partial charge is 0.0648 e. The largest absolute Gasteiger partial charge is 0.299 e. The number of hydrogen-bond donors (Lipinski definition) is 0. The van der Waals surface area contributed by atoms with Gasteiger partial charge < -0.3 is 0 Å². The van der Waals surface area contributed by atoms with Crippen LogP contribution >= 0.6 is 0 Å². The SMILES string of the molecule is C[C@@H](Cc1ccccn1)N(C)Cc1cccc(-n2cccn2)c1. The predicted octanol–water partition coefficient (Wildman–Crippen LogP) is 3.33. The second-order valence-corrected chi connectivity index (χ2v) is 5.91. The Hall–Kier alpha value is -2.46. The Labute approximate surface area is 137 Å². The van der Waals surface area contributed by atoms with Crippen LogP contribution in [0.2, 0.25) is 0 Å². The number of aromatic nitrogens is 3. The van der Waals surface area contributed by atoms with Crippen molar-refractivity contribution in [1.29, 1.82) is 0 Å². The number of benzene rings is 1. The zero-order chi connectivity index (χ0) is 16.1. The van der Waals surface area contributed by atoms with E-state index in [0.717, 1.165) is 24.3 Å². The molecule has 0 spiro atoms. The maximum atomic E-state index is 4.42. The van der Waals surface area contributed by atoms with Crippen LogP contribution < -0.4 is 0 Å². The third-order valence-electron chi connectivity index (χ3n) is 4.09. The average molecular weight is 306 g/mol. The topological polar surface area (TPSA) is 34.0 Å². The molecule has 2 aromatic heterocycles. The third-order valence-corrected chi connectivity index (χ3v) is 4.09. The number of likely N-dealkylation sites (N-methyl/N-ethyl adjacent to an activating group) is 1. The first-order valence-electron chi connectivity index (χ1n) is 7.91. The van der Waals surface area contributed by atoms with Gasteiger partial charge in [-0.25, -0.2) is 4.68 Å². The van der Waals surface area contributed by atoms with Crippen molar-refractivity contribution in [3.8, 4) is 5.69 Å². The molecule has 4 nitrogen and oxygen atoms in total. The molecule has 2 heterocycles. The van der Waals surface area contributed by atoms with E-state index >= 15 is 0 Å². The minimum Gasteiger partial charge on any atom is -0.299 e. The van der Waals surface area contributed by atoms with Crippen molar-refractivity contribution in [1.82, 2.24) is 19.7 Å². The Morgan fingerprint density at radius 1 is 1.09 bits per heavy atom. The van der Waals surface area contributed by atoms with Gasteiger partial charge in [0.15, 0.2) is 0 Å². The molecule has 1 aromatic carbocycles. The first kappa shape index (κ1) is 15.4. The Morgan fingerprint density at radius 2 is 2.00 bits per heavy atom. The lowest BCUT2D eigenvalue weighted by atomic mass is 10.1. The maximum absolute atomic E-state index is 4.42. The van der Waals surface area contributed by atoms with Gasteiger partial charge in [0.1, 0.15) is 0 Å². The van der Waals surface area contributed by atoms with Crippen molar-refractivity contribution < 1.29 is 0 Å². The highest BCUT2D eigenvalue weighted by Crippen LogP contribution is 2.13. The van der Waals surface area contributed by atoms with E-state index in [-0.39, 0.29) is 0 Å². The van der Waals surface area contributed by atoms with Gasteiger partial charge >= 0.3 is 0 Å². The van der Waals surface area contributed by atoms with Crippen molar-refractivity contribution in [3.05, 3.63) is 78.4 Å². The fourth-order valence-electron chi connectivity index (χ4n) is 2.64. The summed E-state index contributed by atoms with van der Waals surface area (Å²) in [6.07, 6.45) is 6.58. The van der Waals surface area contributed by atoms with E-state index in [1.807, 2.05) is 35.3 Å². The minimum absolute atomic E-state index is 0.429. The van der Waals surface area contributed by atoms with Crippen molar-refractivity contribution in [2.45, 2.75) is 25.9 Å². The summed E-state index contributed by atoms with van der Waals surface area (Å²) in [5.74, 6) is 0. The van der Waals surface area contributed by atoms with Gasteiger partial charge in [0, 0.05) is 43.3 Å². The Morgan fingerprint density at radius 3 is 2.74 bits per heavy atom. The summed E-state index contributed by atoms with van der Waals surface area (Å²) in [6.45, 7) is 3.15. The van der Waals surface area contributed by atoms with E-state index in [0.29, 0.717) is 6.04 Å². The van der Waals surface area contributed by atoms with E-state index in [9.17, 15) is 0 Å². The van der Waals surface area contributed by atoms with Crippen LogP contribution in [0.3, 0.4) is 0 Å². The van der Waals surface area contributed by atoms with Gasteiger partial charge in [0.05, 0.1) is 5.69 Å². The van der Waals surface area contributed by atoms with Gasteiger partial charge in [-0.05, 0) is 49.9 Å². The average Bonchev–Trinajstić information content (AvgIpc) is 3.10. The second kappa shape index (κ2) is 7.20. The molecule has 0 aliphatic rings. The van der Waals surface area contributed by atoms with Crippen molar-refractivity contribution in [2.24, 2.45) is 0 Å². The molecule has 0 bridgehead atoms. The van der Waals surface area contributed by atoms with E-state index < -0.39 is 0 Å². The Kier molecular flexibility index (Phi) is 4.83. The van der Waals surface area contributed by atoms with Gasteiger partial charge in [0.2, 0.25) is 0 Å². The van der Waals surface area contributed by atoms with Crippen LogP contribution in [0.1, 0.15) is 18.2 Å². The summed E-state index contributed by atoms with van der Waals surface area (Å²) in [5, 5.41) is 4.29. The number of hydrogen-bond acceptors (Lipinski definition) is 3. The van der Waals surface area contributed by atoms with Crippen LogP contribution in [0.5, 0.6) is 0 Å². The molecule has 0 fully saturated rings. The van der Waals surface area contributed by atoms with Gasteiger partial charge in [-0.2, -0.15) is 5.10 Å². The maximum Gasteiger partial charge on any atom is 0.0648 e. The van der Waals surface area contributed by atoms with Crippen LogP contribution in [0.4, 0.5) is 0 Å². The first-order chi connectivity index (χ1) is 11.2.